The van der Waals surface area contributed by atoms with Gasteiger partial charge < -0.3 is 0 Å². The second-order valence-electron chi connectivity index (χ2n) is 3.68. The molecule has 1 aliphatic carbocycles. The van der Waals surface area contributed by atoms with Crippen molar-refractivity contribution in [1.29, 1.82) is 0 Å². The van der Waals surface area contributed by atoms with E-state index < -0.39 is 0 Å². The molecule has 0 bridgehead atoms. The SMILES string of the molecule is CCC1=CC(C(C)C)=CC1C. The molecule has 62 valence electrons. The highest BCUT2D eigenvalue weighted by Gasteiger charge is 2.14. The lowest BCUT2D eigenvalue weighted by molar-refractivity contribution is 0.782. The number of allylic oxidation sites excluding steroid dienone is 4. The van der Waals surface area contributed by atoms with Gasteiger partial charge in [0.2, 0.25) is 0 Å². The Morgan fingerprint density at radius 1 is 1.45 bits per heavy atom. The highest BCUT2D eigenvalue weighted by atomic mass is 14.2. The zero-order chi connectivity index (χ0) is 8.43. The monoisotopic (exact) mass is 150 g/mol. The first-order valence-corrected chi connectivity index (χ1v) is 4.57. The Kier molecular flexibility index (Phi) is 2.53. The molecule has 1 aliphatic rings. The summed E-state index contributed by atoms with van der Waals surface area (Å²) < 4.78 is 0. The molecular weight excluding hydrogens is 132 g/mol. The third-order valence-corrected chi connectivity index (χ3v) is 2.45. The summed E-state index contributed by atoms with van der Waals surface area (Å²) in [6.45, 7) is 9.03. The zero-order valence-electron chi connectivity index (χ0n) is 8.02. The van der Waals surface area contributed by atoms with Crippen LogP contribution in [-0.4, -0.2) is 0 Å². The van der Waals surface area contributed by atoms with E-state index in [-0.39, 0.29) is 0 Å². The average molecular weight is 150 g/mol. The van der Waals surface area contributed by atoms with Gasteiger partial charge in [0.05, 0.1) is 0 Å². The maximum atomic E-state index is 2.39. The van der Waals surface area contributed by atoms with Crippen LogP contribution in [0.3, 0.4) is 0 Å². The fourth-order valence-electron chi connectivity index (χ4n) is 1.57. The summed E-state index contributed by atoms with van der Waals surface area (Å²) in [6, 6.07) is 0. The summed E-state index contributed by atoms with van der Waals surface area (Å²) in [5.74, 6) is 1.39. The zero-order valence-corrected chi connectivity index (χ0v) is 8.02. The van der Waals surface area contributed by atoms with Crippen LogP contribution in [-0.2, 0) is 0 Å². The first kappa shape index (κ1) is 8.58. The van der Waals surface area contributed by atoms with E-state index in [4.69, 9.17) is 0 Å². The second kappa shape index (κ2) is 3.25. The molecule has 0 aromatic heterocycles. The van der Waals surface area contributed by atoms with E-state index in [9.17, 15) is 0 Å². The van der Waals surface area contributed by atoms with Crippen LogP contribution in [0.25, 0.3) is 0 Å². The lowest BCUT2D eigenvalue weighted by Crippen LogP contribution is -1.88. The Labute approximate surface area is 70.0 Å². The summed E-state index contributed by atoms with van der Waals surface area (Å²) in [4.78, 5) is 0. The van der Waals surface area contributed by atoms with Crippen molar-refractivity contribution in [1.82, 2.24) is 0 Å². The Morgan fingerprint density at radius 3 is 2.36 bits per heavy atom. The third kappa shape index (κ3) is 1.74. The van der Waals surface area contributed by atoms with Crippen molar-refractivity contribution in [3.8, 4) is 0 Å². The quantitative estimate of drug-likeness (QED) is 0.564. The van der Waals surface area contributed by atoms with Gasteiger partial charge in [0.1, 0.15) is 0 Å². The van der Waals surface area contributed by atoms with Crippen molar-refractivity contribution in [2.75, 3.05) is 0 Å². The Hall–Kier alpha value is -0.520. The molecule has 0 amide bonds. The van der Waals surface area contributed by atoms with E-state index in [1.165, 1.54) is 12.0 Å². The molecule has 0 aromatic carbocycles. The van der Waals surface area contributed by atoms with E-state index in [1.807, 2.05) is 0 Å². The van der Waals surface area contributed by atoms with E-state index in [0.717, 1.165) is 0 Å². The molecule has 0 heterocycles. The molecule has 0 nitrogen and oxygen atoms in total. The molecule has 0 N–H and O–H groups in total. The predicted octanol–water partition coefficient (Wildman–Crippen LogP) is 3.55. The van der Waals surface area contributed by atoms with Gasteiger partial charge >= 0.3 is 0 Å². The number of hydrogen-bond donors (Lipinski definition) is 0. The summed E-state index contributed by atoms with van der Waals surface area (Å²) in [7, 11) is 0. The van der Waals surface area contributed by atoms with Crippen LogP contribution in [0.1, 0.15) is 34.1 Å². The van der Waals surface area contributed by atoms with Gasteiger partial charge in [-0.25, -0.2) is 0 Å². The van der Waals surface area contributed by atoms with Crippen molar-refractivity contribution in [2.24, 2.45) is 11.8 Å². The van der Waals surface area contributed by atoms with Crippen molar-refractivity contribution in [2.45, 2.75) is 34.1 Å². The van der Waals surface area contributed by atoms with Crippen molar-refractivity contribution >= 4 is 0 Å². The number of rotatable bonds is 2. The van der Waals surface area contributed by atoms with E-state index in [2.05, 4.69) is 39.8 Å². The predicted molar refractivity (Wildman–Crippen MR) is 50.5 cm³/mol. The summed E-state index contributed by atoms with van der Waals surface area (Å²) in [5.41, 5.74) is 3.11. The van der Waals surface area contributed by atoms with Crippen LogP contribution in [0, 0.1) is 11.8 Å². The highest BCUT2D eigenvalue weighted by Crippen LogP contribution is 2.29. The Balaban J connectivity index is 2.73. The molecule has 0 heteroatoms. The van der Waals surface area contributed by atoms with Gasteiger partial charge in [-0.1, -0.05) is 45.4 Å². The minimum absolute atomic E-state index is 0.692. The molecule has 0 radical (unpaired) electrons. The van der Waals surface area contributed by atoms with Crippen LogP contribution in [0.15, 0.2) is 23.3 Å². The van der Waals surface area contributed by atoms with Gasteiger partial charge in [-0.15, -0.1) is 0 Å². The van der Waals surface area contributed by atoms with Crippen LogP contribution in [0.2, 0.25) is 0 Å². The topological polar surface area (TPSA) is 0 Å². The van der Waals surface area contributed by atoms with Gasteiger partial charge in [-0.05, 0) is 23.8 Å². The first-order chi connectivity index (χ1) is 5.15. The summed E-state index contributed by atoms with van der Waals surface area (Å²) in [5, 5.41) is 0. The lowest BCUT2D eigenvalue weighted by Gasteiger charge is -2.01. The van der Waals surface area contributed by atoms with Crippen LogP contribution < -0.4 is 0 Å². The largest absolute Gasteiger partial charge is 0.0741 e. The molecule has 11 heavy (non-hydrogen) atoms. The van der Waals surface area contributed by atoms with Gasteiger partial charge in [0.25, 0.3) is 0 Å². The maximum absolute atomic E-state index is 2.39. The standard InChI is InChI=1S/C11H18/c1-5-10-7-11(8(2)3)6-9(10)4/h6-9H,5H2,1-4H3. The smallest absolute Gasteiger partial charge is 0.00426 e. The van der Waals surface area contributed by atoms with Crippen molar-refractivity contribution < 1.29 is 0 Å². The number of hydrogen-bond acceptors (Lipinski definition) is 0. The third-order valence-electron chi connectivity index (χ3n) is 2.45. The molecule has 1 unspecified atom stereocenters. The fourth-order valence-corrected chi connectivity index (χ4v) is 1.57. The van der Waals surface area contributed by atoms with Gasteiger partial charge in [-0.3, -0.25) is 0 Å². The molecule has 0 aromatic rings. The Morgan fingerprint density at radius 2 is 2.09 bits per heavy atom. The lowest BCUT2D eigenvalue weighted by atomic mass is 10.0. The normalized spacial score (nSPS) is 23.9. The molecule has 0 spiro atoms. The van der Waals surface area contributed by atoms with Crippen molar-refractivity contribution in [3.63, 3.8) is 0 Å². The molecule has 1 atom stereocenters. The molecule has 1 rings (SSSR count). The van der Waals surface area contributed by atoms with E-state index >= 15 is 0 Å². The van der Waals surface area contributed by atoms with E-state index in [1.54, 1.807) is 5.57 Å². The molecule has 0 fully saturated rings. The van der Waals surface area contributed by atoms with Crippen LogP contribution in [0.5, 0.6) is 0 Å². The van der Waals surface area contributed by atoms with Crippen molar-refractivity contribution in [3.05, 3.63) is 23.3 Å². The molecule has 0 aliphatic heterocycles. The first-order valence-electron chi connectivity index (χ1n) is 4.57. The minimum Gasteiger partial charge on any atom is -0.0741 e. The Bertz CT molecular complexity index is 194. The minimum atomic E-state index is 0.692. The van der Waals surface area contributed by atoms with Crippen LogP contribution >= 0.6 is 0 Å². The van der Waals surface area contributed by atoms with Gasteiger partial charge in [-0.2, -0.15) is 0 Å². The fraction of sp³-hybridized carbons (Fsp3) is 0.636. The maximum Gasteiger partial charge on any atom is -0.00426 e. The second-order valence-corrected chi connectivity index (χ2v) is 3.68. The van der Waals surface area contributed by atoms with E-state index in [0.29, 0.717) is 11.8 Å². The molecular formula is C11H18. The van der Waals surface area contributed by atoms with Crippen LogP contribution in [0.4, 0.5) is 0 Å². The highest BCUT2D eigenvalue weighted by molar-refractivity contribution is 5.35. The average Bonchev–Trinajstić information content (AvgIpc) is 2.31. The summed E-state index contributed by atoms with van der Waals surface area (Å²) >= 11 is 0. The van der Waals surface area contributed by atoms with Gasteiger partial charge in [0.15, 0.2) is 0 Å². The summed E-state index contributed by atoms with van der Waals surface area (Å²) in [6.07, 6.45) is 5.96. The molecule has 0 saturated heterocycles. The molecule has 0 saturated carbocycles. The van der Waals surface area contributed by atoms with Gasteiger partial charge in [0, 0.05) is 0 Å².